The molecule has 1 aliphatic rings. The van der Waals surface area contributed by atoms with E-state index >= 15 is 0 Å². The Morgan fingerprint density at radius 3 is 2.40 bits per heavy atom. The Morgan fingerprint density at radius 2 is 1.70 bits per heavy atom. The largest absolute Gasteiger partial charge is 0.0890 e. The first-order valence-electron chi connectivity index (χ1n) is 3.60. The highest BCUT2D eigenvalue weighted by atomic mass is 127. The summed E-state index contributed by atoms with van der Waals surface area (Å²) in [6.07, 6.45) is 5.53. The topological polar surface area (TPSA) is 0 Å². The molecular weight excluding hydrogens is 418 g/mol. The van der Waals surface area contributed by atoms with E-state index in [1.54, 1.807) is 0 Å². The molecule has 1 aliphatic carbocycles. The lowest BCUT2D eigenvalue weighted by molar-refractivity contribution is 0.744. The first-order valence-corrected chi connectivity index (χ1v) is 7.01. The minimum Gasteiger partial charge on any atom is -0.0890 e. The van der Waals surface area contributed by atoms with E-state index < -0.39 is 0 Å². The molecule has 1 saturated carbocycles. The number of halogens is 3. The maximum atomic E-state index is 3.70. The normalized spacial score (nSPS) is 42.9. The monoisotopic (exact) mass is 428 g/mol. The molecule has 3 heteroatoms. The molecule has 0 nitrogen and oxygen atoms in total. The molecule has 0 aliphatic heterocycles. The quantitative estimate of drug-likeness (QED) is 0.311. The van der Waals surface area contributed by atoms with Crippen LogP contribution in [0.1, 0.15) is 25.7 Å². The van der Waals surface area contributed by atoms with Gasteiger partial charge in [0, 0.05) is 12.7 Å². The van der Waals surface area contributed by atoms with E-state index in [9.17, 15) is 0 Å². The second kappa shape index (κ2) is 4.84. The smallest absolute Gasteiger partial charge is 0.0156 e. The molecule has 0 aromatic carbocycles. The van der Waals surface area contributed by atoms with E-state index in [2.05, 4.69) is 61.1 Å². The third-order valence-corrected chi connectivity index (χ3v) is 4.80. The maximum Gasteiger partial charge on any atom is 0.0156 e. The predicted molar refractivity (Wildman–Crippen MR) is 66.8 cm³/mol. The zero-order chi connectivity index (χ0) is 7.56. The molecule has 3 atom stereocenters. The van der Waals surface area contributed by atoms with E-state index in [1.807, 2.05) is 0 Å². The molecule has 0 radical (unpaired) electrons. The van der Waals surface area contributed by atoms with Crippen molar-refractivity contribution in [1.82, 2.24) is 0 Å². The summed E-state index contributed by atoms with van der Waals surface area (Å²) in [5.74, 6) is 0. The highest BCUT2D eigenvalue weighted by Crippen LogP contribution is 2.31. The second-order valence-corrected chi connectivity index (χ2v) is 7.66. The summed E-state index contributed by atoms with van der Waals surface area (Å²) in [5.41, 5.74) is 0. The van der Waals surface area contributed by atoms with Gasteiger partial charge in [0.05, 0.1) is 0 Å². The molecule has 1 fully saturated rings. The molecule has 0 bridgehead atoms. The Morgan fingerprint density at radius 1 is 1.00 bits per heavy atom. The van der Waals surface area contributed by atoms with E-state index in [1.165, 1.54) is 25.7 Å². The summed E-state index contributed by atoms with van der Waals surface area (Å²) in [5, 5.41) is 0. The number of rotatable bonds is 0. The molecule has 0 saturated heterocycles. The molecule has 0 aromatic heterocycles. The predicted octanol–water partition coefficient (Wildman–Crippen LogP) is 3.93. The third-order valence-electron chi connectivity index (χ3n) is 1.82. The van der Waals surface area contributed by atoms with Gasteiger partial charge in [0.2, 0.25) is 0 Å². The van der Waals surface area contributed by atoms with Crippen molar-refractivity contribution in [1.29, 1.82) is 0 Å². The van der Waals surface area contributed by atoms with Gasteiger partial charge in [-0.2, -0.15) is 0 Å². The van der Waals surface area contributed by atoms with Crippen LogP contribution in [0, 0.1) is 0 Å². The fraction of sp³-hybridized carbons (Fsp3) is 1.00. The van der Waals surface area contributed by atoms with Gasteiger partial charge in [-0.3, -0.25) is 0 Å². The van der Waals surface area contributed by atoms with Gasteiger partial charge in [-0.15, -0.1) is 0 Å². The Balaban J connectivity index is 2.38. The Labute approximate surface area is 98.3 Å². The fourth-order valence-corrected chi connectivity index (χ4v) is 5.84. The molecule has 1 rings (SSSR count). The summed E-state index contributed by atoms with van der Waals surface area (Å²) < 4.78 is 1.81. The Hall–Kier alpha value is 1.94. The zero-order valence-corrected chi connectivity index (χ0v) is 11.6. The minimum atomic E-state index is 0.786. The average Bonchev–Trinajstić information content (AvgIpc) is 1.93. The van der Waals surface area contributed by atoms with Gasteiger partial charge < -0.3 is 0 Å². The molecule has 10 heavy (non-hydrogen) atoms. The summed E-state index contributed by atoms with van der Waals surface area (Å²) in [6, 6.07) is 0. The van der Waals surface area contributed by atoms with Crippen molar-refractivity contribution in [3.8, 4) is 0 Å². The zero-order valence-electron chi connectivity index (χ0n) is 5.69. The highest BCUT2D eigenvalue weighted by Gasteiger charge is 2.20. The van der Waals surface area contributed by atoms with Crippen LogP contribution in [0.4, 0.5) is 0 Å². The Kier molecular flexibility index (Phi) is 4.85. The van der Waals surface area contributed by atoms with Gasteiger partial charge in [0.25, 0.3) is 0 Å². The molecule has 0 N–H and O–H groups in total. The molecule has 60 valence electrons. The minimum absolute atomic E-state index is 0.786. The van der Waals surface area contributed by atoms with Crippen LogP contribution in [0.25, 0.3) is 0 Å². The molecule has 0 heterocycles. The SMILES string of the molecule is BrC1CCC(I)CC(I)C1. The van der Waals surface area contributed by atoms with Crippen molar-refractivity contribution in [3.05, 3.63) is 0 Å². The molecule has 3 unspecified atom stereocenters. The Bertz CT molecular complexity index is 95.8. The number of hydrogen-bond acceptors (Lipinski definition) is 0. The van der Waals surface area contributed by atoms with E-state index in [-0.39, 0.29) is 0 Å². The lowest BCUT2D eigenvalue weighted by Gasteiger charge is -2.08. The van der Waals surface area contributed by atoms with Crippen LogP contribution in [0.5, 0.6) is 0 Å². The highest BCUT2D eigenvalue weighted by molar-refractivity contribution is 14.1. The van der Waals surface area contributed by atoms with E-state index in [4.69, 9.17) is 0 Å². The van der Waals surface area contributed by atoms with Gasteiger partial charge in [0.1, 0.15) is 0 Å². The van der Waals surface area contributed by atoms with Crippen LogP contribution in [0.15, 0.2) is 0 Å². The van der Waals surface area contributed by atoms with Gasteiger partial charge in [-0.05, 0) is 25.7 Å². The van der Waals surface area contributed by atoms with Crippen molar-refractivity contribution in [2.75, 3.05) is 0 Å². The van der Waals surface area contributed by atoms with Gasteiger partial charge in [0.15, 0.2) is 0 Å². The summed E-state index contributed by atoms with van der Waals surface area (Å²) >= 11 is 8.86. The lowest BCUT2D eigenvalue weighted by Crippen LogP contribution is -2.04. The first kappa shape index (κ1) is 10.0. The van der Waals surface area contributed by atoms with Crippen LogP contribution in [-0.2, 0) is 0 Å². The molecule has 0 aromatic rings. The van der Waals surface area contributed by atoms with Crippen molar-refractivity contribution in [2.45, 2.75) is 38.4 Å². The summed E-state index contributed by atoms with van der Waals surface area (Å²) in [6.45, 7) is 0. The van der Waals surface area contributed by atoms with Crippen LogP contribution in [0.3, 0.4) is 0 Å². The van der Waals surface area contributed by atoms with Crippen molar-refractivity contribution in [2.24, 2.45) is 0 Å². The molecular formula is C7H11BrI2. The van der Waals surface area contributed by atoms with Crippen LogP contribution < -0.4 is 0 Å². The maximum absolute atomic E-state index is 3.70. The van der Waals surface area contributed by atoms with Crippen LogP contribution in [-0.4, -0.2) is 12.7 Å². The first-order chi connectivity index (χ1) is 4.68. The average molecular weight is 429 g/mol. The van der Waals surface area contributed by atoms with Gasteiger partial charge in [-0.1, -0.05) is 61.1 Å². The van der Waals surface area contributed by atoms with Crippen molar-refractivity contribution in [3.63, 3.8) is 0 Å². The number of alkyl halides is 3. The summed E-state index contributed by atoms with van der Waals surface area (Å²) in [7, 11) is 0. The molecule has 0 spiro atoms. The van der Waals surface area contributed by atoms with Gasteiger partial charge in [-0.25, -0.2) is 0 Å². The lowest BCUT2D eigenvalue weighted by atomic mass is 10.2. The molecule has 0 amide bonds. The fourth-order valence-electron chi connectivity index (χ4n) is 1.25. The third kappa shape index (κ3) is 3.56. The van der Waals surface area contributed by atoms with Crippen molar-refractivity contribution >= 4 is 61.1 Å². The van der Waals surface area contributed by atoms with Crippen LogP contribution >= 0.6 is 61.1 Å². The van der Waals surface area contributed by atoms with Crippen LogP contribution in [0.2, 0.25) is 0 Å². The van der Waals surface area contributed by atoms with Crippen molar-refractivity contribution < 1.29 is 0 Å². The number of hydrogen-bond donors (Lipinski definition) is 0. The second-order valence-electron chi connectivity index (χ2n) is 2.84. The van der Waals surface area contributed by atoms with Gasteiger partial charge >= 0.3 is 0 Å². The van der Waals surface area contributed by atoms with E-state index in [0.29, 0.717) is 0 Å². The standard InChI is InChI=1S/C7H11BrI2/c8-5-1-2-6(9)4-7(10)3-5/h5-7H,1-4H2. The van der Waals surface area contributed by atoms with E-state index in [0.717, 1.165) is 12.7 Å². The summed E-state index contributed by atoms with van der Waals surface area (Å²) in [4.78, 5) is 0.786.